The van der Waals surface area contributed by atoms with Crippen LogP contribution in [0.1, 0.15) is 55.9 Å². The molecule has 0 saturated heterocycles. The van der Waals surface area contributed by atoms with Crippen LogP contribution < -0.4 is 0 Å². The molecular weight excluding hydrogens is 224 g/mol. The van der Waals surface area contributed by atoms with Crippen molar-refractivity contribution in [3.8, 4) is 0 Å². The molecule has 0 saturated carbocycles. The fourth-order valence-electron chi connectivity index (χ4n) is 3.28. The number of aromatic nitrogens is 1. The molecule has 0 radical (unpaired) electrons. The molecule has 98 valence electrons. The molecule has 3 heterocycles. The van der Waals surface area contributed by atoms with Crippen LogP contribution in [-0.4, -0.2) is 21.4 Å². The third-order valence-corrected chi connectivity index (χ3v) is 4.47. The van der Waals surface area contributed by atoms with Crippen LogP contribution in [0.4, 0.5) is 0 Å². The van der Waals surface area contributed by atoms with Crippen LogP contribution in [0.3, 0.4) is 0 Å². The summed E-state index contributed by atoms with van der Waals surface area (Å²) in [5.41, 5.74) is 3.90. The first kappa shape index (κ1) is 11.8. The first-order valence-electron chi connectivity index (χ1n) is 6.95. The van der Waals surface area contributed by atoms with Crippen molar-refractivity contribution in [2.75, 3.05) is 0 Å². The Morgan fingerprint density at radius 1 is 1.44 bits per heavy atom. The minimum atomic E-state index is 0.235. The molecule has 1 aromatic heterocycles. The summed E-state index contributed by atoms with van der Waals surface area (Å²) in [6, 6.07) is 2.48. The summed E-state index contributed by atoms with van der Waals surface area (Å²) in [7, 11) is 0. The molecule has 0 fully saturated rings. The van der Waals surface area contributed by atoms with Crippen molar-refractivity contribution in [3.63, 3.8) is 0 Å². The van der Waals surface area contributed by atoms with E-state index in [2.05, 4.69) is 38.3 Å². The zero-order valence-electron chi connectivity index (χ0n) is 11.8. The summed E-state index contributed by atoms with van der Waals surface area (Å²) in [6.07, 6.45) is 2.12. The zero-order valence-corrected chi connectivity index (χ0v) is 11.8. The number of hydrogen-bond donors (Lipinski definition) is 0. The first-order chi connectivity index (χ1) is 8.43. The van der Waals surface area contributed by atoms with Crippen molar-refractivity contribution in [2.24, 2.45) is 5.41 Å². The summed E-state index contributed by atoms with van der Waals surface area (Å²) < 4.78 is 2.38. The third kappa shape index (κ3) is 1.53. The summed E-state index contributed by atoms with van der Waals surface area (Å²) in [6.45, 7) is 10.7. The molecule has 1 aromatic rings. The van der Waals surface area contributed by atoms with Gasteiger partial charge in [0.2, 0.25) is 0 Å². The van der Waals surface area contributed by atoms with Gasteiger partial charge in [0.1, 0.15) is 0 Å². The Kier molecular flexibility index (Phi) is 2.38. The van der Waals surface area contributed by atoms with Crippen molar-refractivity contribution in [2.45, 2.75) is 59.7 Å². The second-order valence-electron chi connectivity index (χ2n) is 6.61. The van der Waals surface area contributed by atoms with Gasteiger partial charge in [-0.1, -0.05) is 20.8 Å². The van der Waals surface area contributed by atoms with E-state index < -0.39 is 0 Å². The maximum atomic E-state index is 12.4. The van der Waals surface area contributed by atoms with E-state index in [1.807, 2.05) is 4.90 Å². The van der Waals surface area contributed by atoms with Gasteiger partial charge in [-0.2, -0.15) is 0 Å². The molecule has 0 aromatic carbocycles. The van der Waals surface area contributed by atoms with Gasteiger partial charge in [-0.15, -0.1) is 0 Å². The molecule has 3 nitrogen and oxygen atoms in total. The van der Waals surface area contributed by atoms with E-state index in [0.29, 0.717) is 11.5 Å². The quantitative estimate of drug-likeness (QED) is 0.787. The lowest BCUT2D eigenvalue weighted by Crippen LogP contribution is -2.33. The number of amides is 1. The standard InChI is InChI=1S/C15H22N2O/c1-5-10(2)16-8-13-12(14(16)18)6-11-7-15(3,4)9-17(11)13/h6,10H,5,7-9H2,1-4H3. The average Bonchev–Trinajstić information content (AvgIpc) is 2.87. The van der Waals surface area contributed by atoms with Gasteiger partial charge in [-0.3, -0.25) is 4.79 Å². The summed E-state index contributed by atoms with van der Waals surface area (Å²) in [5.74, 6) is 0.235. The van der Waals surface area contributed by atoms with E-state index in [1.54, 1.807) is 0 Å². The second-order valence-corrected chi connectivity index (χ2v) is 6.61. The summed E-state index contributed by atoms with van der Waals surface area (Å²) in [5, 5.41) is 0. The molecule has 18 heavy (non-hydrogen) atoms. The van der Waals surface area contributed by atoms with Crippen LogP contribution in [-0.2, 0) is 19.5 Å². The van der Waals surface area contributed by atoms with Crippen molar-refractivity contribution in [1.29, 1.82) is 0 Å². The topological polar surface area (TPSA) is 25.2 Å². The predicted molar refractivity (Wildman–Crippen MR) is 71.5 cm³/mol. The molecule has 0 aliphatic carbocycles. The fourth-order valence-corrected chi connectivity index (χ4v) is 3.28. The number of rotatable bonds is 2. The summed E-state index contributed by atoms with van der Waals surface area (Å²) in [4.78, 5) is 14.4. The summed E-state index contributed by atoms with van der Waals surface area (Å²) >= 11 is 0. The van der Waals surface area contributed by atoms with Gasteiger partial charge in [-0.05, 0) is 31.2 Å². The maximum Gasteiger partial charge on any atom is 0.256 e. The molecular formula is C15H22N2O. The van der Waals surface area contributed by atoms with Crippen molar-refractivity contribution < 1.29 is 4.79 Å². The van der Waals surface area contributed by atoms with Gasteiger partial charge in [0.05, 0.1) is 17.8 Å². The monoisotopic (exact) mass is 246 g/mol. The SMILES string of the molecule is CCC(C)N1Cc2c(cc3n2CC(C)(C)C3)C1=O. The molecule has 1 amide bonds. The smallest absolute Gasteiger partial charge is 0.256 e. The Labute approximate surface area is 109 Å². The van der Waals surface area contributed by atoms with E-state index in [-0.39, 0.29) is 5.91 Å². The van der Waals surface area contributed by atoms with Crippen LogP contribution >= 0.6 is 0 Å². The van der Waals surface area contributed by atoms with E-state index in [0.717, 1.165) is 31.5 Å². The van der Waals surface area contributed by atoms with E-state index in [9.17, 15) is 4.79 Å². The molecule has 3 rings (SSSR count). The van der Waals surface area contributed by atoms with Crippen LogP contribution in [0.15, 0.2) is 6.07 Å². The first-order valence-corrected chi connectivity index (χ1v) is 6.95. The number of hydrogen-bond acceptors (Lipinski definition) is 1. The maximum absolute atomic E-state index is 12.4. The minimum absolute atomic E-state index is 0.235. The lowest BCUT2D eigenvalue weighted by atomic mass is 9.91. The molecule has 3 heteroatoms. The molecule has 0 spiro atoms. The van der Waals surface area contributed by atoms with Gasteiger partial charge in [0.15, 0.2) is 0 Å². The number of carbonyl (C=O) groups is 1. The highest BCUT2D eigenvalue weighted by molar-refractivity contribution is 5.98. The highest BCUT2D eigenvalue weighted by atomic mass is 16.2. The van der Waals surface area contributed by atoms with Crippen molar-refractivity contribution in [1.82, 2.24) is 9.47 Å². The van der Waals surface area contributed by atoms with Crippen LogP contribution in [0.25, 0.3) is 0 Å². The zero-order chi connectivity index (χ0) is 13.1. The Balaban J connectivity index is 1.95. The number of nitrogens with zero attached hydrogens (tertiary/aromatic N) is 2. The van der Waals surface area contributed by atoms with Gasteiger partial charge < -0.3 is 9.47 Å². The molecule has 0 bridgehead atoms. The van der Waals surface area contributed by atoms with Gasteiger partial charge in [0, 0.05) is 18.3 Å². The minimum Gasteiger partial charge on any atom is -0.346 e. The Hall–Kier alpha value is -1.25. The molecule has 1 atom stereocenters. The van der Waals surface area contributed by atoms with Crippen LogP contribution in [0.5, 0.6) is 0 Å². The second kappa shape index (κ2) is 3.62. The normalized spacial score (nSPS) is 22.2. The number of carbonyl (C=O) groups excluding carboxylic acids is 1. The van der Waals surface area contributed by atoms with Crippen molar-refractivity contribution in [3.05, 3.63) is 23.0 Å². The highest BCUT2D eigenvalue weighted by Crippen LogP contribution is 2.38. The lowest BCUT2D eigenvalue weighted by Gasteiger charge is -2.23. The Bertz CT molecular complexity index is 513. The largest absolute Gasteiger partial charge is 0.346 e. The molecule has 2 aliphatic heterocycles. The van der Waals surface area contributed by atoms with E-state index >= 15 is 0 Å². The third-order valence-electron chi connectivity index (χ3n) is 4.47. The Morgan fingerprint density at radius 3 is 2.83 bits per heavy atom. The van der Waals surface area contributed by atoms with Gasteiger partial charge in [0.25, 0.3) is 5.91 Å². The van der Waals surface area contributed by atoms with E-state index in [4.69, 9.17) is 0 Å². The van der Waals surface area contributed by atoms with Crippen LogP contribution in [0, 0.1) is 5.41 Å². The predicted octanol–water partition coefficient (Wildman–Crippen LogP) is 2.82. The molecule has 1 unspecified atom stereocenters. The van der Waals surface area contributed by atoms with Gasteiger partial charge >= 0.3 is 0 Å². The fraction of sp³-hybridized carbons (Fsp3) is 0.667. The Morgan fingerprint density at radius 2 is 2.17 bits per heavy atom. The lowest BCUT2D eigenvalue weighted by molar-refractivity contribution is 0.0711. The molecule has 0 N–H and O–H groups in total. The average molecular weight is 246 g/mol. The highest BCUT2D eigenvalue weighted by Gasteiger charge is 2.38. The van der Waals surface area contributed by atoms with Gasteiger partial charge in [-0.25, -0.2) is 0 Å². The van der Waals surface area contributed by atoms with E-state index in [1.165, 1.54) is 11.4 Å². The van der Waals surface area contributed by atoms with Crippen molar-refractivity contribution >= 4 is 5.91 Å². The number of fused-ring (bicyclic) bond motifs is 3. The molecule has 2 aliphatic rings. The van der Waals surface area contributed by atoms with Crippen LogP contribution in [0.2, 0.25) is 0 Å².